The molecule has 0 bridgehead atoms. The van der Waals surface area contributed by atoms with Crippen LogP contribution in [0.3, 0.4) is 0 Å². The number of carboxylic acids is 1. The van der Waals surface area contributed by atoms with Gasteiger partial charge in [0.25, 0.3) is 0 Å². The largest absolute Gasteiger partial charge is 0.481 e. The molecule has 3 aromatic rings. The van der Waals surface area contributed by atoms with Crippen molar-refractivity contribution in [2.75, 3.05) is 18.0 Å². The Bertz CT molecular complexity index is 1130. The van der Waals surface area contributed by atoms with Gasteiger partial charge >= 0.3 is 12.0 Å². The lowest BCUT2D eigenvalue weighted by Crippen LogP contribution is -2.41. The van der Waals surface area contributed by atoms with Crippen LogP contribution in [-0.2, 0) is 11.2 Å². The van der Waals surface area contributed by atoms with Gasteiger partial charge in [-0.2, -0.15) is 0 Å². The minimum Gasteiger partial charge on any atom is -0.481 e. The number of hydrogen-bond acceptors (Lipinski definition) is 3. The fourth-order valence-corrected chi connectivity index (χ4v) is 5.30. The lowest BCUT2D eigenvalue weighted by Gasteiger charge is -2.24. The predicted octanol–water partition coefficient (Wildman–Crippen LogP) is 8.15. The number of urea groups is 1. The summed E-state index contributed by atoms with van der Waals surface area (Å²) in [6, 6.07) is 26.0. The van der Waals surface area contributed by atoms with Crippen LogP contribution in [0.4, 0.5) is 10.5 Å². The second-order valence-electron chi connectivity index (χ2n) is 9.50. The molecule has 1 unspecified atom stereocenters. The first kappa shape index (κ1) is 29.3. The van der Waals surface area contributed by atoms with Crippen molar-refractivity contribution in [1.82, 2.24) is 5.32 Å². The van der Waals surface area contributed by atoms with Crippen LogP contribution in [0.1, 0.15) is 69.4 Å². The molecule has 0 aliphatic rings. The minimum absolute atomic E-state index is 0.0674. The number of unbranched alkanes of at least 4 members (excludes halogenated alkanes) is 4. The molecule has 0 radical (unpaired) electrons. The molecule has 0 saturated heterocycles. The predicted molar refractivity (Wildman–Crippen MR) is 157 cm³/mol. The van der Waals surface area contributed by atoms with Crippen molar-refractivity contribution in [3.63, 3.8) is 0 Å². The molecular weight excluding hydrogens is 492 g/mol. The number of nitrogens with zero attached hydrogens (tertiary/aromatic N) is 1. The van der Waals surface area contributed by atoms with E-state index >= 15 is 0 Å². The highest BCUT2D eigenvalue weighted by atomic mass is 32.2. The number of carbonyl (C=O) groups is 2. The number of rotatable bonds is 15. The zero-order valence-corrected chi connectivity index (χ0v) is 23.4. The second-order valence-corrected chi connectivity index (χ2v) is 10.6. The summed E-state index contributed by atoms with van der Waals surface area (Å²) in [6.07, 6.45) is 7.11. The van der Waals surface area contributed by atoms with Crippen LogP contribution >= 0.6 is 11.8 Å². The Labute approximate surface area is 231 Å². The van der Waals surface area contributed by atoms with Crippen molar-refractivity contribution in [3.8, 4) is 0 Å². The molecule has 202 valence electrons. The highest BCUT2D eigenvalue weighted by Gasteiger charge is 2.18. The van der Waals surface area contributed by atoms with Crippen LogP contribution in [0, 0.1) is 0 Å². The molecule has 0 aliphatic carbocycles. The van der Waals surface area contributed by atoms with Crippen LogP contribution < -0.4 is 10.2 Å². The van der Waals surface area contributed by atoms with Gasteiger partial charge < -0.3 is 10.4 Å². The molecule has 6 heteroatoms. The van der Waals surface area contributed by atoms with Gasteiger partial charge in [0, 0.05) is 28.6 Å². The standard InChI is InChI=1S/C32H40N2O3S/c1-3-5-6-7-11-22-33-32(37)34(23-21-25-13-9-8-10-14-25)27-15-12-16-29(24-27)38-28-19-17-26(18-20-28)30(4-2)31(35)36/h8-10,12-20,24,30H,3-7,11,21-23H2,1-2H3,(H,33,37)(H,35,36). The van der Waals surface area contributed by atoms with E-state index in [4.69, 9.17) is 0 Å². The zero-order chi connectivity index (χ0) is 27.2. The third-order valence-electron chi connectivity index (χ3n) is 6.62. The van der Waals surface area contributed by atoms with E-state index in [0.717, 1.165) is 40.3 Å². The molecule has 0 fully saturated rings. The van der Waals surface area contributed by atoms with E-state index in [1.54, 1.807) is 11.8 Å². The van der Waals surface area contributed by atoms with E-state index in [1.165, 1.54) is 24.8 Å². The first-order valence-corrected chi connectivity index (χ1v) is 14.5. The summed E-state index contributed by atoms with van der Waals surface area (Å²) in [5.74, 6) is -1.28. The minimum atomic E-state index is -0.796. The van der Waals surface area contributed by atoms with Crippen molar-refractivity contribution in [2.45, 2.75) is 74.5 Å². The fraction of sp³-hybridized carbons (Fsp3) is 0.375. The lowest BCUT2D eigenvalue weighted by atomic mass is 9.97. The Hall–Kier alpha value is -3.25. The van der Waals surface area contributed by atoms with Gasteiger partial charge in [0.2, 0.25) is 0 Å². The van der Waals surface area contributed by atoms with E-state index in [1.807, 2.05) is 72.5 Å². The maximum absolute atomic E-state index is 13.3. The zero-order valence-electron chi connectivity index (χ0n) is 22.6. The number of carboxylic acid groups (broad SMARTS) is 1. The highest BCUT2D eigenvalue weighted by Crippen LogP contribution is 2.32. The maximum atomic E-state index is 13.3. The van der Waals surface area contributed by atoms with Crippen LogP contribution in [-0.4, -0.2) is 30.2 Å². The Balaban J connectivity index is 1.71. The van der Waals surface area contributed by atoms with Gasteiger partial charge in [0.1, 0.15) is 0 Å². The summed E-state index contributed by atoms with van der Waals surface area (Å²) in [4.78, 5) is 28.6. The quantitative estimate of drug-likeness (QED) is 0.194. The molecule has 2 N–H and O–H groups in total. The van der Waals surface area contributed by atoms with E-state index < -0.39 is 11.9 Å². The summed E-state index contributed by atoms with van der Waals surface area (Å²) in [5, 5.41) is 12.6. The number of nitrogens with one attached hydrogen (secondary N) is 1. The van der Waals surface area contributed by atoms with Gasteiger partial charge in [0.15, 0.2) is 0 Å². The first-order chi connectivity index (χ1) is 18.5. The van der Waals surface area contributed by atoms with E-state index in [-0.39, 0.29) is 6.03 Å². The number of carbonyl (C=O) groups excluding carboxylic acids is 1. The maximum Gasteiger partial charge on any atom is 0.321 e. The molecular formula is C32H40N2O3S. The summed E-state index contributed by atoms with van der Waals surface area (Å²) < 4.78 is 0. The monoisotopic (exact) mass is 532 g/mol. The topological polar surface area (TPSA) is 69.6 Å². The average molecular weight is 533 g/mol. The van der Waals surface area contributed by atoms with Crippen LogP contribution in [0.5, 0.6) is 0 Å². The molecule has 2 amide bonds. The molecule has 0 heterocycles. The van der Waals surface area contributed by atoms with Gasteiger partial charge in [-0.3, -0.25) is 9.69 Å². The molecule has 3 aromatic carbocycles. The Kier molecular flexibility index (Phi) is 12.2. The van der Waals surface area contributed by atoms with Gasteiger partial charge in [-0.05, 0) is 60.7 Å². The number of benzene rings is 3. The molecule has 5 nitrogen and oxygen atoms in total. The van der Waals surface area contributed by atoms with Crippen molar-refractivity contribution in [3.05, 3.63) is 90.0 Å². The molecule has 0 aliphatic heterocycles. The average Bonchev–Trinajstić information content (AvgIpc) is 2.93. The SMILES string of the molecule is CCCCCCCNC(=O)N(CCc1ccccc1)c1cccc(Sc2ccc(C(CC)C(=O)O)cc2)c1. The van der Waals surface area contributed by atoms with Gasteiger partial charge in [-0.1, -0.05) is 99.8 Å². The molecule has 0 saturated carbocycles. The van der Waals surface area contributed by atoms with E-state index in [2.05, 4.69) is 30.4 Å². The Morgan fingerprint density at radius 1 is 0.868 bits per heavy atom. The summed E-state index contributed by atoms with van der Waals surface area (Å²) in [7, 11) is 0. The highest BCUT2D eigenvalue weighted by molar-refractivity contribution is 7.99. The second kappa shape index (κ2) is 15.9. The smallest absolute Gasteiger partial charge is 0.321 e. The van der Waals surface area contributed by atoms with E-state index in [0.29, 0.717) is 19.5 Å². The van der Waals surface area contributed by atoms with Crippen LogP contribution in [0.25, 0.3) is 0 Å². The summed E-state index contributed by atoms with van der Waals surface area (Å²) in [6.45, 7) is 5.36. The van der Waals surface area contributed by atoms with Crippen molar-refractivity contribution < 1.29 is 14.7 Å². The van der Waals surface area contributed by atoms with Crippen molar-refractivity contribution in [1.29, 1.82) is 0 Å². The van der Waals surface area contributed by atoms with Crippen molar-refractivity contribution >= 4 is 29.4 Å². The van der Waals surface area contributed by atoms with Gasteiger partial charge in [-0.25, -0.2) is 4.79 Å². The molecule has 3 rings (SSSR count). The van der Waals surface area contributed by atoms with E-state index in [9.17, 15) is 14.7 Å². The van der Waals surface area contributed by atoms with Gasteiger partial charge in [0.05, 0.1) is 5.92 Å². The first-order valence-electron chi connectivity index (χ1n) is 13.7. The molecule has 0 aromatic heterocycles. The Morgan fingerprint density at radius 3 is 2.29 bits per heavy atom. The fourth-order valence-electron chi connectivity index (χ4n) is 4.42. The molecule has 0 spiro atoms. The third-order valence-corrected chi connectivity index (χ3v) is 7.62. The number of amides is 2. The van der Waals surface area contributed by atoms with Crippen LogP contribution in [0.2, 0.25) is 0 Å². The van der Waals surface area contributed by atoms with Crippen LogP contribution in [0.15, 0.2) is 88.7 Å². The molecule has 1 atom stereocenters. The number of anilines is 1. The Morgan fingerprint density at radius 2 is 1.61 bits per heavy atom. The number of aliphatic carboxylic acids is 1. The van der Waals surface area contributed by atoms with Crippen molar-refractivity contribution in [2.24, 2.45) is 0 Å². The lowest BCUT2D eigenvalue weighted by molar-refractivity contribution is -0.138. The third kappa shape index (κ3) is 9.25. The normalized spacial score (nSPS) is 11.6. The molecule has 38 heavy (non-hydrogen) atoms. The summed E-state index contributed by atoms with van der Waals surface area (Å²) in [5.41, 5.74) is 2.88. The van der Waals surface area contributed by atoms with Gasteiger partial charge in [-0.15, -0.1) is 0 Å². The number of hydrogen-bond donors (Lipinski definition) is 2. The summed E-state index contributed by atoms with van der Waals surface area (Å²) >= 11 is 1.61.